The second-order valence-corrected chi connectivity index (χ2v) is 7.26. The largest absolute Gasteiger partial charge is 0.357 e. The lowest BCUT2D eigenvalue weighted by Crippen LogP contribution is -2.23. The Balaban J connectivity index is 1.56. The van der Waals surface area contributed by atoms with Crippen LogP contribution < -0.4 is 10.2 Å². The Hall–Kier alpha value is -2.21. The van der Waals surface area contributed by atoms with Crippen molar-refractivity contribution in [1.82, 2.24) is 10.3 Å². The van der Waals surface area contributed by atoms with Gasteiger partial charge in [0.2, 0.25) is 0 Å². The summed E-state index contributed by atoms with van der Waals surface area (Å²) in [6.07, 6.45) is 5.89. The minimum Gasteiger partial charge on any atom is -0.357 e. The van der Waals surface area contributed by atoms with Crippen LogP contribution in [0.3, 0.4) is 0 Å². The molecule has 3 rings (SSSR count). The van der Waals surface area contributed by atoms with Crippen LogP contribution in [0, 0.1) is 0 Å². The molecule has 0 spiro atoms. The molecule has 5 nitrogen and oxygen atoms in total. The number of pyridine rings is 1. The topological polar surface area (TPSA) is 62.3 Å². The van der Waals surface area contributed by atoms with Gasteiger partial charge >= 0.3 is 0 Å². The molecule has 1 aliphatic rings. The van der Waals surface area contributed by atoms with Crippen LogP contribution in [0.1, 0.15) is 28.8 Å². The standard InChI is InChI=1S/C18H21N3O2S/c1-24(23)16-7-5-15(6-8-16)18(22)20-13-14-4-9-17(19-12-14)21-10-2-3-11-21/h4-9,12H,2-3,10-11,13H2,1H3,(H,20,22)/t24-/m0/s1. The minimum atomic E-state index is -1.03. The molecule has 1 N–H and O–H groups in total. The van der Waals surface area contributed by atoms with Gasteiger partial charge < -0.3 is 10.2 Å². The van der Waals surface area contributed by atoms with Crippen molar-refractivity contribution in [1.29, 1.82) is 0 Å². The predicted octanol–water partition coefficient (Wildman–Crippen LogP) is 2.35. The Bertz CT molecular complexity index is 723. The van der Waals surface area contributed by atoms with Crippen molar-refractivity contribution in [2.75, 3.05) is 24.2 Å². The summed E-state index contributed by atoms with van der Waals surface area (Å²) in [5.41, 5.74) is 1.53. The van der Waals surface area contributed by atoms with E-state index in [1.54, 1.807) is 30.5 Å². The molecule has 1 atom stereocenters. The average Bonchev–Trinajstić information content (AvgIpc) is 3.15. The highest BCUT2D eigenvalue weighted by atomic mass is 32.2. The number of nitrogens with one attached hydrogen (secondary N) is 1. The molecule has 1 aromatic carbocycles. The molecule has 0 saturated carbocycles. The van der Waals surface area contributed by atoms with Crippen LogP contribution in [0.25, 0.3) is 0 Å². The normalized spacial score (nSPS) is 15.3. The molecule has 0 bridgehead atoms. The monoisotopic (exact) mass is 343 g/mol. The van der Waals surface area contributed by atoms with E-state index in [1.165, 1.54) is 12.8 Å². The average molecular weight is 343 g/mol. The molecular weight excluding hydrogens is 322 g/mol. The van der Waals surface area contributed by atoms with Crippen LogP contribution in [-0.2, 0) is 17.3 Å². The van der Waals surface area contributed by atoms with E-state index in [0.29, 0.717) is 17.0 Å². The molecule has 0 radical (unpaired) electrons. The van der Waals surface area contributed by atoms with E-state index >= 15 is 0 Å². The Morgan fingerprint density at radius 3 is 2.46 bits per heavy atom. The van der Waals surface area contributed by atoms with Gasteiger partial charge in [-0.2, -0.15) is 0 Å². The lowest BCUT2D eigenvalue weighted by molar-refractivity contribution is 0.0951. The summed E-state index contributed by atoms with van der Waals surface area (Å²) in [4.78, 5) is 19.6. The van der Waals surface area contributed by atoms with Crippen LogP contribution in [0.5, 0.6) is 0 Å². The first-order valence-electron chi connectivity index (χ1n) is 8.05. The van der Waals surface area contributed by atoms with Crippen molar-refractivity contribution in [3.63, 3.8) is 0 Å². The van der Waals surface area contributed by atoms with E-state index in [0.717, 1.165) is 24.5 Å². The molecule has 126 valence electrons. The smallest absolute Gasteiger partial charge is 0.251 e. The number of carbonyl (C=O) groups excluding carboxylic acids is 1. The van der Waals surface area contributed by atoms with Crippen molar-refractivity contribution < 1.29 is 9.00 Å². The predicted molar refractivity (Wildman–Crippen MR) is 95.6 cm³/mol. The van der Waals surface area contributed by atoms with Crippen molar-refractivity contribution in [3.05, 3.63) is 53.7 Å². The second-order valence-electron chi connectivity index (χ2n) is 5.88. The number of anilines is 1. The molecule has 1 saturated heterocycles. The maximum atomic E-state index is 12.2. The highest BCUT2D eigenvalue weighted by molar-refractivity contribution is 7.84. The van der Waals surface area contributed by atoms with Crippen LogP contribution >= 0.6 is 0 Å². The van der Waals surface area contributed by atoms with Gasteiger partial charge in [0.25, 0.3) is 5.91 Å². The van der Waals surface area contributed by atoms with E-state index in [4.69, 9.17) is 0 Å². The number of nitrogens with zero attached hydrogens (tertiary/aromatic N) is 2. The lowest BCUT2D eigenvalue weighted by atomic mass is 10.2. The summed E-state index contributed by atoms with van der Waals surface area (Å²) in [5, 5.41) is 2.88. The number of amides is 1. The van der Waals surface area contributed by atoms with E-state index in [2.05, 4.69) is 15.2 Å². The third-order valence-electron chi connectivity index (χ3n) is 4.14. The molecule has 1 amide bonds. The first-order chi connectivity index (χ1) is 11.6. The number of carbonyl (C=O) groups is 1. The Kier molecular flexibility index (Phi) is 5.25. The summed E-state index contributed by atoms with van der Waals surface area (Å²) >= 11 is 0. The molecule has 24 heavy (non-hydrogen) atoms. The molecule has 2 heterocycles. The third kappa shape index (κ3) is 4.00. The maximum absolute atomic E-state index is 12.2. The highest BCUT2D eigenvalue weighted by Crippen LogP contribution is 2.17. The van der Waals surface area contributed by atoms with E-state index in [1.807, 2.05) is 18.3 Å². The first kappa shape index (κ1) is 16.6. The number of benzene rings is 1. The zero-order valence-electron chi connectivity index (χ0n) is 13.7. The highest BCUT2D eigenvalue weighted by Gasteiger charge is 2.13. The van der Waals surface area contributed by atoms with Gasteiger partial charge in [-0.05, 0) is 48.7 Å². The van der Waals surface area contributed by atoms with Crippen LogP contribution in [0.4, 0.5) is 5.82 Å². The summed E-state index contributed by atoms with van der Waals surface area (Å²) in [6, 6.07) is 10.8. The van der Waals surface area contributed by atoms with Crippen LogP contribution in [0.2, 0.25) is 0 Å². The number of hydrogen-bond acceptors (Lipinski definition) is 4. The fourth-order valence-electron chi connectivity index (χ4n) is 2.74. The molecule has 1 aromatic heterocycles. The molecular formula is C18H21N3O2S. The van der Waals surface area contributed by atoms with E-state index in [-0.39, 0.29) is 5.91 Å². The maximum Gasteiger partial charge on any atom is 0.251 e. The number of aromatic nitrogens is 1. The van der Waals surface area contributed by atoms with E-state index in [9.17, 15) is 9.00 Å². The van der Waals surface area contributed by atoms with Gasteiger partial charge in [-0.15, -0.1) is 0 Å². The fraction of sp³-hybridized carbons (Fsp3) is 0.333. The van der Waals surface area contributed by atoms with Gasteiger partial charge in [0.15, 0.2) is 0 Å². The quantitative estimate of drug-likeness (QED) is 0.905. The van der Waals surface area contributed by atoms with Gasteiger partial charge in [-0.1, -0.05) is 6.07 Å². The van der Waals surface area contributed by atoms with Gasteiger partial charge in [0.05, 0.1) is 0 Å². The second kappa shape index (κ2) is 7.57. The van der Waals surface area contributed by atoms with Gasteiger partial charge in [0, 0.05) is 53.3 Å². The molecule has 6 heteroatoms. The number of hydrogen-bond donors (Lipinski definition) is 1. The molecule has 1 aliphatic heterocycles. The van der Waals surface area contributed by atoms with Gasteiger partial charge in [-0.3, -0.25) is 9.00 Å². The molecule has 0 aliphatic carbocycles. The zero-order valence-corrected chi connectivity index (χ0v) is 14.5. The zero-order chi connectivity index (χ0) is 16.9. The number of rotatable bonds is 5. The van der Waals surface area contributed by atoms with Crippen LogP contribution in [-0.4, -0.2) is 34.4 Å². The summed E-state index contributed by atoms with van der Waals surface area (Å²) in [5.74, 6) is 0.859. The van der Waals surface area contributed by atoms with Crippen molar-refractivity contribution >= 4 is 22.5 Å². The lowest BCUT2D eigenvalue weighted by Gasteiger charge is -2.16. The van der Waals surface area contributed by atoms with Crippen molar-refractivity contribution in [2.45, 2.75) is 24.3 Å². The Morgan fingerprint density at radius 1 is 1.17 bits per heavy atom. The Labute approximate surface area is 144 Å². The third-order valence-corrected chi connectivity index (χ3v) is 5.08. The summed E-state index contributed by atoms with van der Waals surface area (Å²) < 4.78 is 11.4. The first-order valence-corrected chi connectivity index (χ1v) is 9.61. The van der Waals surface area contributed by atoms with Crippen LogP contribution in [0.15, 0.2) is 47.5 Å². The molecule has 1 fully saturated rings. The summed E-state index contributed by atoms with van der Waals surface area (Å²) in [7, 11) is -1.03. The van der Waals surface area contributed by atoms with Gasteiger partial charge in [0.1, 0.15) is 5.82 Å². The van der Waals surface area contributed by atoms with Crippen molar-refractivity contribution in [3.8, 4) is 0 Å². The Morgan fingerprint density at radius 2 is 1.88 bits per heavy atom. The summed E-state index contributed by atoms with van der Waals surface area (Å²) in [6.45, 7) is 2.58. The molecule has 0 unspecified atom stereocenters. The van der Waals surface area contributed by atoms with Crippen molar-refractivity contribution in [2.24, 2.45) is 0 Å². The SMILES string of the molecule is C[S@](=O)c1ccc(C(=O)NCc2ccc(N3CCCC3)nc2)cc1. The fourth-order valence-corrected chi connectivity index (χ4v) is 3.26. The minimum absolute atomic E-state index is 0.146. The molecule has 2 aromatic rings. The van der Waals surface area contributed by atoms with Gasteiger partial charge in [-0.25, -0.2) is 4.98 Å². The van der Waals surface area contributed by atoms with E-state index < -0.39 is 10.8 Å².